The summed E-state index contributed by atoms with van der Waals surface area (Å²) in [5, 5.41) is 20.5. The Kier molecular flexibility index (Phi) is 8.28. The largest absolute Gasteiger partial charge is 0.345 e. The minimum atomic E-state index is -1.29. The van der Waals surface area contributed by atoms with Crippen LogP contribution in [-0.4, -0.2) is 64.7 Å². The van der Waals surface area contributed by atoms with E-state index in [1.54, 1.807) is 6.21 Å². The minimum Gasteiger partial charge on any atom is -0.345 e. The van der Waals surface area contributed by atoms with Crippen LogP contribution in [-0.2, 0) is 24.4 Å². The van der Waals surface area contributed by atoms with Crippen molar-refractivity contribution in [3.8, 4) is 0 Å². The predicted molar refractivity (Wildman–Crippen MR) is 133 cm³/mol. The third kappa shape index (κ3) is 7.57. The second-order valence-electron chi connectivity index (χ2n) is 9.47. The van der Waals surface area contributed by atoms with E-state index in [0.717, 1.165) is 12.0 Å². The molecule has 2 N–H and O–H groups in total. The van der Waals surface area contributed by atoms with Crippen LogP contribution < -0.4 is 10.6 Å². The monoisotopic (exact) mass is 526 g/mol. The molecule has 0 saturated heterocycles. The number of pyridine rings is 1. The highest BCUT2D eigenvalue weighted by Crippen LogP contribution is 2.21. The van der Waals surface area contributed by atoms with Gasteiger partial charge in [0.1, 0.15) is 12.0 Å². The van der Waals surface area contributed by atoms with E-state index in [2.05, 4.69) is 41.2 Å². The molecule has 1 unspecified atom stereocenters. The van der Waals surface area contributed by atoms with E-state index < -0.39 is 17.9 Å². The fraction of sp³-hybridized carbons (Fsp3) is 0.417. The first kappa shape index (κ1) is 26.7. The first-order valence-electron chi connectivity index (χ1n) is 12.0. The maximum Gasteiger partial charge on any atom is 0.273 e. The SMILES string of the molecule is CC1(C)CC=C(CC(=O)Nc2cn(CC(F)CCn3cc(C(=O)NCc4ncccc4F)nn3)nn2)C=N1. The van der Waals surface area contributed by atoms with E-state index in [4.69, 9.17) is 0 Å². The van der Waals surface area contributed by atoms with Gasteiger partial charge in [0.05, 0.1) is 43.1 Å². The molecule has 38 heavy (non-hydrogen) atoms. The molecule has 200 valence electrons. The molecule has 14 heteroatoms. The van der Waals surface area contributed by atoms with Gasteiger partial charge in [0.25, 0.3) is 5.91 Å². The molecule has 1 aliphatic heterocycles. The Morgan fingerprint density at radius 2 is 2.00 bits per heavy atom. The van der Waals surface area contributed by atoms with Gasteiger partial charge < -0.3 is 10.6 Å². The number of nitrogens with one attached hydrogen (secondary N) is 2. The summed E-state index contributed by atoms with van der Waals surface area (Å²) in [7, 11) is 0. The number of carbonyl (C=O) groups is 2. The lowest BCUT2D eigenvalue weighted by atomic mass is 9.96. The number of halogens is 2. The molecule has 0 saturated carbocycles. The highest BCUT2D eigenvalue weighted by Gasteiger charge is 2.19. The summed E-state index contributed by atoms with van der Waals surface area (Å²) in [5.74, 6) is -1.11. The number of hydrogen-bond donors (Lipinski definition) is 2. The van der Waals surface area contributed by atoms with Gasteiger partial charge in [-0.15, -0.1) is 10.2 Å². The van der Waals surface area contributed by atoms with Crippen LogP contribution in [0, 0.1) is 5.82 Å². The molecule has 2 amide bonds. The summed E-state index contributed by atoms with van der Waals surface area (Å²) in [6.07, 6.45) is 7.68. The molecule has 0 aliphatic carbocycles. The summed E-state index contributed by atoms with van der Waals surface area (Å²) in [6, 6.07) is 2.71. The molecule has 0 fully saturated rings. The van der Waals surface area contributed by atoms with Crippen molar-refractivity contribution >= 4 is 23.8 Å². The third-order valence-corrected chi connectivity index (χ3v) is 5.69. The number of dihydropyridines is 1. The average molecular weight is 527 g/mol. The smallest absolute Gasteiger partial charge is 0.273 e. The molecule has 0 bridgehead atoms. The molecule has 1 atom stereocenters. The lowest BCUT2D eigenvalue weighted by Gasteiger charge is -2.21. The second kappa shape index (κ2) is 11.8. The highest BCUT2D eigenvalue weighted by atomic mass is 19.1. The van der Waals surface area contributed by atoms with Gasteiger partial charge in [-0.05, 0) is 38.0 Å². The lowest BCUT2D eigenvalue weighted by molar-refractivity contribution is -0.115. The van der Waals surface area contributed by atoms with Crippen molar-refractivity contribution in [1.29, 1.82) is 0 Å². The zero-order valence-corrected chi connectivity index (χ0v) is 21.0. The Morgan fingerprint density at radius 1 is 1.18 bits per heavy atom. The molecule has 4 rings (SSSR count). The van der Waals surface area contributed by atoms with Crippen molar-refractivity contribution in [3.05, 3.63) is 59.6 Å². The van der Waals surface area contributed by atoms with Crippen LogP contribution in [0.25, 0.3) is 0 Å². The predicted octanol–water partition coefficient (Wildman–Crippen LogP) is 2.27. The highest BCUT2D eigenvalue weighted by molar-refractivity contribution is 5.96. The van der Waals surface area contributed by atoms with Crippen LogP contribution in [0.1, 0.15) is 49.3 Å². The maximum atomic E-state index is 14.5. The molecule has 0 spiro atoms. The quantitative estimate of drug-likeness (QED) is 0.390. The maximum absolute atomic E-state index is 14.5. The number of nitrogens with zero attached hydrogens (tertiary/aromatic N) is 8. The van der Waals surface area contributed by atoms with E-state index in [-0.39, 0.29) is 61.1 Å². The zero-order valence-electron chi connectivity index (χ0n) is 21.0. The number of anilines is 1. The van der Waals surface area contributed by atoms with Crippen LogP contribution in [0.5, 0.6) is 0 Å². The van der Waals surface area contributed by atoms with Gasteiger partial charge in [-0.25, -0.2) is 13.5 Å². The minimum absolute atomic E-state index is 0.0207. The van der Waals surface area contributed by atoms with Crippen molar-refractivity contribution in [1.82, 2.24) is 40.3 Å². The Morgan fingerprint density at radius 3 is 2.76 bits per heavy atom. The van der Waals surface area contributed by atoms with Gasteiger partial charge >= 0.3 is 0 Å². The van der Waals surface area contributed by atoms with Crippen LogP contribution in [0.3, 0.4) is 0 Å². The normalized spacial score (nSPS) is 15.1. The van der Waals surface area contributed by atoms with E-state index >= 15 is 0 Å². The van der Waals surface area contributed by atoms with E-state index in [1.165, 1.54) is 40.1 Å². The second-order valence-corrected chi connectivity index (χ2v) is 9.47. The number of aromatic nitrogens is 7. The average Bonchev–Trinajstić information content (AvgIpc) is 3.53. The van der Waals surface area contributed by atoms with Gasteiger partial charge in [-0.1, -0.05) is 16.5 Å². The fourth-order valence-corrected chi connectivity index (χ4v) is 3.56. The van der Waals surface area contributed by atoms with Crippen LogP contribution in [0.4, 0.5) is 14.6 Å². The molecular weight excluding hydrogens is 498 g/mol. The topological polar surface area (TPSA) is 145 Å². The van der Waals surface area contributed by atoms with Crippen molar-refractivity contribution in [2.45, 2.75) is 64.5 Å². The molecule has 0 radical (unpaired) electrons. The molecule has 0 aromatic carbocycles. The van der Waals surface area contributed by atoms with Crippen LogP contribution >= 0.6 is 0 Å². The van der Waals surface area contributed by atoms with Gasteiger partial charge in [-0.3, -0.25) is 24.2 Å². The molecule has 3 aromatic heterocycles. The molecule has 4 heterocycles. The molecule has 1 aliphatic rings. The Bertz CT molecular complexity index is 1350. The molecular formula is C24H28F2N10O2. The number of aliphatic imine (C=N–C) groups is 1. The third-order valence-electron chi connectivity index (χ3n) is 5.69. The first-order valence-corrected chi connectivity index (χ1v) is 12.0. The van der Waals surface area contributed by atoms with Crippen molar-refractivity contribution in [3.63, 3.8) is 0 Å². The molecule has 3 aromatic rings. The summed E-state index contributed by atoms with van der Waals surface area (Å²) >= 11 is 0. The Balaban J connectivity index is 1.19. The fourth-order valence-electron chi connectivity index (χ4n) is 3.56. The van der Waals surface area contributed by atoms with Gasteiger partial charge in [0.15, 0.2) is 11.5 Å². The summed E-state index contributed by atoms with van der Waals surface area (Å²) in [4.78, 5) is 32.8. The summed E-state index contributed by atoms with van der Waals surface area (Å²) in [6.45, 7) is 4.03. The number of rotatable bonds is 11. The summed E-state index contributed by atoms with van der Waals surface area (Å²) in [5.41, 5.74) is 0.796. The standard InChI is InChI=1S/C24H28F2N10O2/c1-24(2)7-5-16(11-29-24)10-22(37)30-21-15-36(34-32-21)13-17(25)6-9-35-14-20(31-33-35)23(38)28-12-19-18(26)4-3-8-27-19/h3-5,8,11,14-15,17H,6-7,9-10,12-13H2,1-2H3,(H,28,38)(H,30,37). The Hall–Kier alpha value is -4.36. The van der Waals surface area contributed by atoms with E-state index in [9.17, 15) is 18.4 Å². The first-order chi connectivity index (χ1) is 18.2. The number of amides is 2. The number of aryl methyl sites for hydroxylation is 1. The lowest BCUT2D eigenvalue weighted by Crippen LogP contribution is -2.24. The van der Waals surface area contributed by atoms with Crippen molar-refractivity contribution in [2.75, 3.05) is 5.32 Å². The number of hydrogen-bond acceptors (Lipinski definition) is 8. The van der Waals surface area contributed by atoms with Crippen LogP contribution in [0.2, 0.25) is 0 Å². The van der Waals surface area contributed by atoms with Crippen molar-refractivity contribution < 1.29 is 18.4 Å². The Labute approximate surface area is 217 Å². The van der Waals surface area contributed by atoms with Gasteiger partial charge in [0, 0.05) is 25.4 Å². The summed E-state index contributed by atoms with van der Waals surface area (Å²) < 4.78 is 30.8. The van der Waals surface area contributed by atoms with Gasteiger partial charge in [-0.2, -0.15) is 0 Å². The van der Waals surface area contributed by atoms with Crippen molar-refractivity contribution in [2.24, 2.45) is 4.99 Å². The van der Waals surface area contributed by atoms with Gasteiger partial charge in [0.2, 0.25) is 5.91 Å². The van der Waals surface area contributed by atoms with E-state index in [0.29, 0.717) is 0 Å². The number of alkyl halides is 1. The van der Waals surface area contributed by atoms with Crippen LogP contribution in [0.15, 0.2) is 47.4 Å². The number of carbonyl (C=O) groups excluding carboxylic acids is 2. The van der Waals surface area contributed by atoms with E-state index in [1.807, 2.05) is 19.9 Å². The zero-order chi connectivity index (χ0) is 27.1. The molecule has 12 nitrogen and oxygen atoms in total.